The van der Waals surface area contributed by atoms with Gasteiger partial charge >= 0.3 is 0 Å². The van der Waals surface area contributed by atoms with Crippen molar-refractivity contribution >= 4 is 23.2 Å². The molecule has 0 fully saturated rings. The van der Waals surface area contributed by atoms with Gasteiger partial charge in [0.25, 0.3) is 11.8 Å². The molecule has 2 aromatic rings. The molecule has 28 heavy (non-hydrogen) atoms. The average molecular weight is 382 g/mol. The molecule has 0 spiro atoms. The number of hydrogen-bond donors (Lipinski definition) is 2. The topological polar surface area (TPSA) is 61.4 Å². The van der Waals surface area contributed by atoms with Crippen LogP contribution in [0.2, 0.25) is 0 Å². The SMILES string of the molecule is CCCCCNC(=O)c1ccc(C(=O)Nc2ccc(N(CC)CC)cc2)cc1. The Labute approximate surface area is 168 Å². The van der Waals surface area contributed by atoms with E-state index in [2.05, 4.69) is 36.3 Å². The van der Waals surface area contributed by atoms with E-state index in [0.29, 0.717) is 17.7 Å². The normalized spacial score (nSPS) is 10.4. The van der Waals surface area contributed by atoms with Crippen LogP contribution in [0.3, 0.4) is 0 Å². The number of carbonyl (C=O) groups excluding carboxylic acids is 2. The van der Waals surface area contributed by atoms with Crippen LogP contribution >= 0.6 is 0 Å². The van der Waals surface area contributed by atoms with E-state index in [9.17, 15) is 9.59 Å². The van der Waals surface area contributed by atoms with Crippen molar-refractivity contribution in [2.45, 2.75) is 40.0 Å². The number of benzene rings is 2. The van der Waals surface area contributed by atoms with Crippen molar-refractivity contribution in [2.75, 3.05) is 29.9 Å². The maximum atomic E-state index is 12.4. The van der Waals surface area contributed by atoms with Gasteiger partial charge in [-0.3, -0.25) is 9.59 Å². The number of anilines is 2. The maximum absolute atomic E-state index is 12.4. The van der Waals surface area contributed by atoms with Gasteiger partial charge in [0, 0.05) is 42.1 Å². The molecule has 5 heteroatoms. The number of carbonyl (C=O) groups is 2. The first kappa shape index (κ1) is 21.5. The minimum absolute atomic E-state index is 0.102. The molecule has 150 valence electrons. The van der Waals surface area contributed by atoms with E-state index in [-0.39, 0.29) is 11.8 Å². The first-order valence-corrected chi connectivity index (χ1v) is 10.1. The molecule has 0 bridgehead atoms. The fraction of sp³-hybridized carbons (Fsp3) is 0.391. The van der Waals surface area contributed by atoms with E-state index in [4.69, 9.17) is 0 Å². The van der Waals surface area contributed by atoms with E-state index < -0.39 is 0 Å². The van der Waals surface area contributed by atoms with Crippen molar-refractivity contribution in [2.24, 2.45) is 0 Å². The third-order valence-electron chi connectivity index (χ3n) is 4.73. The molecule has 0 atom stereocenters. The number of rotatable bonds is 10. The largest absolute Gasteiger partial charge is 0.372 e. The Bertz CT molecular complexity index is 750. The first-order valence-electron chi connectivity index (χ1n) is 10.1. The molecule has 2 N–H and O–H groups in total. The van der Waals surface area contributed by atoms with Crippen LogP contribution in [0.1, 0.15) is 60.7 Å². The number of nitrogens with one attached hydrogen (secondary N) is 2. The summed E-state index contributed by atoms with van der Waals surface area (Å²) in [6.07, 6.45) is 3.21. The summed E-state index contributed by atoms with van der Waals surface area (Å²) in [5, 5.41) is 5.80. The zero-order valence-electron chi connectivity index (χ0n) is 17.1. The molecule has 2 amide bonds. The molecule has 0 aromatic heterocycles. The third-order valence-corrected chi connectivity index (χ3v) is 4.73. The third kappa shape index (κ3) is 6.12. The Balaban J connectivity index is 1.93. The van der Waals surface area contributed by atoms with Crippen LogP contribution in [0, 0.1) is 0 Å². The minimum atomic E-state index is -0.189. The van der Waals surface area contributed by atoms with Gasteiger partial charge in [-0.05, 0) is 68.8 Å². The lowest BCUT2D eigenvalue weighted by atomic mass is 10.1. The van der Waals surface area contributed by atoms with Crippen molar-refractivity contribution in [3.63, 3.8) is 0 Å². The van der Waals surface area contributed by atoms with Gasteiger partial charge in [0.05, 0.1) is 0 Å². The van der Waals surface area contributed by atoms with Gasteiger partial charge in [0.2, 0.25) is 0 Å². The number of nitrogens with zero attached hydrogens (tertiary/aromatic N) is 1. The predicted octanol–water partition coefficient (Wildman–Crippen LogP) is 4.71. The molecular formula is C23H31N3O2. The molecule has 0 aliphatic carbocycles. The number of hydrogen-bond acceptors (Lipinski definition) is 3. The van der Waals surface area contributed by atoms with Crippen molar-refractivity contribution in [1.82, 2.24) is 5.32 Å². The summed E-state index contributed by atoms with van der Waals surface area (Å²) in [6, 6.07) is 14.6. The van der Waals surface area contributed by atoms with E-state index in [1.165, 1.54) is 0 Å². The van der Waals surface area contributed by atoms with Crippen molar-refractivity contribution in [1.29, 1.82) is 0 Å². The lowest BCUT2D eigenvalue weighted by Crippen LogP contribution is -2.24. The molecule has 0 saturated carbocycles. The summed E-state index contributed by atoms with van der Waals surface area (Å²) >= 11 is 0. The van der Waals surface area contributed by atoms with Gasteiger partial charge in [0.1, 0.15) is 0 Å². The lowest BCUT2D eigenvalue weighted by Gasteiger charge is -2.21. The monoisotopic (exact) mass is 381 g/mol. The smallest absolute Gasteiger partial charge is 0.255 e. The summed E-state index contributed by atoms with van der Waals surface area (Å²) in [4.78, 5) is 26.8. The van der Waals surface area contributed by atoms with Crippen LogP contribution < -0.4 is 15.5 Å². The highest BCUT2D eigenvalue weighted by Crippen LogP contribution is 2.18. The molecular weight excluding hydrogens is 350 g/mol. The minimum Gasteiger partial charge on any atom is -0.372 e. The first-order chi connectivity index (χ1) is 13.6. The Kier molecular flexibility index (Phi) is 8.53. The second-order valence-electron chi connectivity index (χ2n) is 6.71. The second kappa shape index (κ2) is 11.1. The van der Waals surface area contributed by atoms with Gasteiger partial charge in [-0.1, -0.05) is 19.8 Å². The summed E-state index contributed by atoms with van der Waals surface area (Å²) in [5.41, 5.74) is 2.97. The summed E-state index contributed by atoms with van der Waals surface area (Å²) in [6.45, 7) is 8.94. The van der Waals surface area contributed by atoms with Crippen LogP contribution in [0.15, 0.2) is 48.5 Å². The molecule has 0 saturated heterocycles. The fourth-order valence-electron chi connectivity index (χ4n) is 3.00. The van der Waals surface area contributed by atoms with Crippen LogP contribution in [0.25, 0.3) is 0 Å². The Morgan fingerprint density at radius 1 is 0.786 bits per heavy atom. The van der Waals surface area contributed by atoms with Gasteiger partial charge in [-0.25, -0.2) is 0 Å². The molecule has 2 aromatic carbocycles. The quantitative estimate of drug-likeness (QED) is 0.586. The summed E-state index contributed by atoms with van der Waals surface area (Å²) in [5.74, 6) is -0.291. The Hall–Kier alpha value is -2.82. The van der Waals surface area contributed by atoms with E-state index in [1.807, 2.05) is 24.3 Å². The molecule has 5 nitrogen and oxygen atoms in total. The number of unbranched alkanes of at least 4 members (excludes halogenated alkanes) is 2. The van der Waals surface area contributed by atoms with E-state index in [1.54, 1.807) is 24.3 Å². The zero-order valence-corrected chi connectivity index (χ0v) is 17.1. The second-order valence-corrected chi connectivity index (χ2v) is 6.71. The van der Waals surface area contributed by atoms with Gasteiger partial charge in [-0.15, -0.1) is 0 Å². The van der Waals surface area contributed by atoms with E-state index in [0.717, 1.165) is 43.7 Å². The summed E-state index contributed by atoms with van der Waals surface area (Å²) < 4.78 is 0. The van der Waals surface area contributed by atoms with E-state index >= 15 is 0 Å². The van der Waals surface area contributed by atoms with Gasteiger partial charge in [-0.2, -0.15) is 0 Å². The standard InChI is InChI=1S/C23H31N3O2/c1-4-7-8-17-24-22(27)18-9-11-19(12-10-18)23(28)25-20-13-15-21(16-14-20)26(5-2)6-3/h9-16H,4-8,17H2,1-3H3,(H,24,27)(H,25,28). The van der Waals surface area contributed by atoms with Crippen LogP contribution in [0.5, 0.6) is 0 Å². The molecule has 0 aliphatic heterocycles. The molecule has 0 unspecified atom stereocenters. The Morgan fingerprint density at radius 3 is 1.89 bits per heavy atom. The van der Waals surface area contributed by atoms with Crippen molar-refractivity contribution < 1.29 is 9.59 Å². The van der Waals surface area contributed by atoms with Crippen LogP contribution in [-0.2, 0) is 0 Å². The van der Waals surface area contributed by atoms with Crippen molar-refractivity contribution in [3.05, 3.63) is 59.7 Å². The zero-order chi connectivity index (χ0) is 20.4. The lowest BCUT2D eigenvalue weighted by molar-refractivity contribution is 0.0951. The highest BCUT2D eigenvalue weighted by Gasteiger charge is 2.09. The molecule has 0 aliphatic rings. The summed E-state index contributed by atoms with van der Waals surface area (Å²) in [7, 11) is 0. The highest BCUT2D eigenvalue weighted by molar-refractivity contribution is 6.05. The van der Waals surface area contributed by atoms with Gasteiger partial charge < -0.3 is 15.5 Å². The predicted molar refractivity (Wildman–Crippen MR) is 116 cm³/mol. The number of amides is 2. The maximum Gasteiger partial charge on any atom is 0.255 e. The molecule has 0 heterocycles. The Morgan fingerprint density at radius 2 is 1.36 bits per heavy atom. The van der Waals surface area contributed by atoms with Crippen molar-refractivity contribution in [3.8, 4) is 0 Å². The van der Waals surface area contributed by atoms with Crippen LogP contribution in [-0.4, -0.2) is 31.4 Å². The van der Waals surface area contributed by atoms with Crippen LogP contribution in [0.4, 0.5) is 11.4 Å². The molecule has 2 rings (SSSR count). The molecule has 0 radical (unpaired) electrons. The van der Waals surface area contributed by atoms with Gasteiger partial charge in [0.15, 0.2) is 0 Å². The highest BCUT2D eigenvalue weighted by atomic mass is 16.2. The average Bonchev–Trinajstić information content (AvgIpc) is 2.73. The fourth-order valence-corrected chi connectivity index (χ4v) is 3.00.